The first kappa shape index (κ1) is 27.8. The Morgan fingerprint density at radius 1 is 1.11 bits per heavy atom. The second-order valence-corrected chi connectivity index (χ2v) is 22.0. The molecule has 11 heteroatoms. The highest BCUT2D eigenvalue weighted by molar-refractivity contribution is 6.74. The van der Waals surface area contributed by atoms with E-state index in [-0.39, 0.29) is 16.7 Å². The molecule has 3 rings (SSSR count). The van der Waals surface area contributed by atoms with Gasteiger partial charge in [0.2, 0.25) is 5.60 Å². The van der Waals surface area contributed by atoms with Crippen LogP contribution in [-0.2, 0) is 19.2 Å². The Hall–Kier alpha value is -1.82. The predicted octanol–water partition coefficient (Wildman–Crippen LogP) is 4.20. The summed E-state index contributed by atoms with van der Waals surface area (Å²) in [5.41, 5.74) is 5.56. The molecule has 1 aliphatic rings. The Balaban J connectivity index is 2.25. The van der Waals surface area contributed by atoms with E-state index in [0.717, 1.165) is 0 Å². The summed E-state index contributed by atoms with van der Waals surface area (Å²) in [5.74, 6) is 0.298. The van der Waals surface area contributed by atoms with Crippen LogP contribution in [-0.4, -0.2) is 61.3 Å². The lowest BCUT2D eigenvalue weighted by atomic mass is 9.92. The number of nitriles is 1. The van der Waals surface area contributed by atoms with Crippen LogP contribution in [0.1, 0.15) is 47.2 Å². The fraction of sp³-hybridized carbons (Fsp3) is 0.708. The van der Waals surface area contributed by atoms with Gasteiger partial charge in [-0.2, -0.15) is 10.4 Å². The number of hydrogen-bond acceptors (Lipinski definition) is 8. The molecule has 4 atom stereocenters. The summed E-state index contributed by atoms with van der Waals surface area (Å²) >= 11 is 0. The number of rotatable bonds is 6. The van der Waals surface area contributed by atoms with E-state index in [1.54, 1.807) is 16.6 Å². The first-order valence-corrected chi connectivity index (χ1v) is 17.9. The highest BCUT2D eigenvalue weighted by atomic mass is 28.4. The van der Waals surface area contributed by atoms with E-state index in [1.807, 2.05) is 0 Å². The predicted molar refractivity (Wildman–Crippen MR) is 141 cm³/mol. The van der Waals surface area contributed by atoms with Crippen molar-refractivity contribution in [1.29, 1.82) is 5.26 Å². The molecule has 1 fully saturated rings. The molecular formula is C24H41N5O4Si2. The molecule has 0 aromatic carbocycles. The Labute approximate surface area is 210 Å². The molecule has 1 saturated heterocycles. The molecule has 0 bridgehead atoms. The first-order valence-electron chi connectivity index (χ1n) is 12.1. The zero-order valence-corrected chi connectivity index (χ0v) is 24.7. The summed E-state index contributed by atoms with van der Waals surface area (Å²) in [6.07, 6.45) is -0.820. The van der Waals surface area contributed by atoms with Gasteiger partial charge in [0.1, 0.15) is 36.2 Å². The van der Waals surface area contributed by atoms with E-state index in [9.17, 15) is 10.4 Å². The van der Waals surface area contributed by atoms with Crippen molar-refractivity contribution in [3.63, 3.8) is 0 Å². The van der Waals surface area contributed by atoms with Gasteiger partial charge in [-0.1, -0.05) is 41.5 Å². The highest BCUT2D eigenvalue weighted by Crippen LogP contribution is 2.49. The molecule has 0 radical (unpaired) electrons. The van der Waals surface area contributed by atoms with Gasteiger partial charge in [0.15, 0.2) is 22.5 Å². The second-order valence-electron chi connectivity index (χ2n) is 12.5. The number of aliphatic hydroxyl groups excluding tert-OH is 1. The molecule has 2 aromatic heterocycles. The summed E-state index contributed by atoms with van der Waals surface area (Å²) in [7, 11) is -4.75. The third-order valence-corrected chi connectivity index (χ3v) is 17.0. The van der Waals surface area contributed by atoms with Gasteiger partial charge in [-0.05, 0) is 48.4 Å². The fourth-order valence-corrected chi connectivity index (χ4v) is 6.42. The van der Waals surface area contributed by atoms with Gasteiger partial charge < -0.3 is 24.4 Å². The number of hydrogen-bond donors (Lipinski definition) is 2. The molecule has 0 aliphatic carbocycles. The fourth-order valence-electron chi connectivity index (χ4n) is 3.83. The van der Waals surface area contributed by atoms with Gasteiger partial charge in [-0.25, -0.2) is 9.50 Å². The molecule has 35 heavy (non-hydrogen) atoms. The van der Waals surface area contributed by atoms with Crippen LogP contribution in [0.4, 0.5) is 5.82 Å². The van der Waals surface area contributed by atoms with E-state index in [2.05, 4.69) is 83.9 Å². The van der Waals surface area contributed by atoms with Crippen molar-refractivity contribution in [3.05, 3.63) is 24.2 Å². The number of nitrogens with zero attached hydrogens (tertiary/aromatic N) is 4. The minimum atomic E-state index is -2.42. The smallest absolute Gasteiger partial charge is 0.224 e. The summed E-state index contributed by atoms with van der Waals surface area (Å²) in [6.45, 7) is 21.2. The summed E-state index contributed by atoms with van der Waals surface area (Å²) in [5, 5.41) is 25.3. The molecule has 0 saturated carbocycles. The van der Waals surface area contributed by atoms with Crippen LogP contribution in [0.5, 0.6) is 0 Å². The van der Waals surface area contributed by atoms with Crippen molar-refractivity contribution < 1.29 is 18.7 Å². The van der Waals surface area contributed by atoms with Crippen LogP contribution in [0.15, 0.2) is 18.5 Å². The normalized spacial score (nSPS) is 26.3. The molecule has 1 aliphatic heterocycles. The Morgan fingerprint density at radius 3 is 2.20 bits per heavy atom. The largest absolute Gasteiger partial charge is 0.408 e. The lowest BCUT2D eigenvalue weighted by Crippen LogP contribution is -2.56. The molecular weight excluding hydrogens is 478 g/mol. The van der Waals surface area contributed by atoms with Gasteiger partial charge >= 0.3 is 0 Å². The molecule has 0 spiro atoms. The van der Waals surface area contributed by atoms with Crippen molar-refractivity contribution in [2.75, 3.05) is 12.3 Å². The first-order chi connectivity index (χ1) is 15.9. The standard InChI is InChI=1S/C24H41N5O4Si2/c1-22(2,3)34(7,8)32-19-17(13-30)31-24(14-25,20(19)33-35(9,10)23(4,5)6)18-12-11-16-21(26)27-15-28-29(16)18/h11-12,15,17,19-20,30H,13H2,1-10H3,(H2,26,27,28)/t17-,19?,20?,24+/m1/s1. The Morgan fingerprint density at radius 2 is 1.69 bits per heavy atom. The maximum absolute atomic E-state index is 10.7. The number of fused-ring (bicyclic) bond motifs is 1. The Bertz CT molecular complexity index is 1120. The highest BCUT2D eigenvalue weighted by Gasteiger charge is 2.63. The van der Waals surface area contributed by atoms with Crippen molar-refractivity contribution in [2.24, 2.45) is 0 Å². The van der Waals surface area contributed by atoms with Gasteiger partial charge in [0.05, 0.1) is 12.3 Å². The van der Waals surface area contributed by atoms with E-state index in [0.29, 0.717) is 17.0 Å². The van der Waals surface area contributed by atoms with Crippen LogP contribution in [0.3, 0.4) is 0 Å². The van der Waals surface area contributed by atoms with E-state index < -0.39 is 40.5 Å². The van der Waals surface area contributed by atoms with E-state index >= 15 is 0 Å². The molecule has 0 amide bonds. The number of ether oxygens (including phenoxy) is 1. The van der Waals surface area contributed by atoms with Gasteiger partial charge in [-0.15, -0.1) is 0 Å². The van der Waals surface area contributed by atoms with E-state index in [4.69, 9.17) is 19.3 Å². The average molecular weight is 520 g/mol. The summed E-state index contributed by atoms with van der Waals surface area (Å²) < 4.78 is 21.9. The SMILES string of the molecule is CC(C)(C)[Si](C)(C)OC1C(O[Si](C)(C)C(C)(C)C)[C@](C#N)(c2ccc3c(N)ncnn23)O[C@@H]1CO. The zero-order chi connectivity index (χ0) is 26.6. The van der Waals surface area contributed by atoms with Crippen molar-refractivity contribution in [3.8, 4) is 6.07 Å². The van der Waals surface area contributed by atoms with Crippen molar-refractivity contribution >= 4 is 28.0 Å². The lowest BCUT2D eigenvalue weighted by molar-refractivity contribution is -0.0620. The number of nitrogens with two attached hydrogens (primary N) is 1. The molecule has 9 nitrogen and oxygen atoms in total. The summed E-state index contributed by atoms with van der Waals surface area (Å²) in [6, 6.07) is 5.95. The van der Waals surface area contributed by atoms with Crippen LogP contribution >= 0.6 is 0 Å². The van der Waals surface area contributed by atoms with E-state index in [1.165, 1.54) is 6.33 Å². The number of anilines is 1. The quantitative estimate of drug-likeness (QED) is 0.543. The van der Waals surface area contributed by atoms with Crippen LogP contribution < -0.4 is 5.73 Å². The molecule has 2 aromatic rings. The Kier molecular flexibility index (Phi) is 7.09. The van der Waals surface area contributed by atoms with Crippen LogP contribution in [0.2, 0.25) is 36.3 Å². The molecule has 3 N–H and O–H groups in total. The number of nitrogen functional groups attached to an aromatic ring is 1. The summed E-state index contributed by atoms with van der Waals surface area (Å²) in [4.78, 5) is 4.07. The minimum Gasteiger partial charge on any atom is -0.408 e. The van der Waals surface area contributed by atoms with Gasteiger partial charge in [0, 0.05) is 0 Å². The topological polar surface area (TPSA) is 128 Å². The molecule has 194 valence electrons. The minimum absolute atomic E-state index is 0.0874. The van der Waals surface area contributed by atoms with Crippen molar-refractivity contribution in [1.82, 2.24) is 14.6 Å². The second kappa shape index (κ2) is 8.93. The average Bonchev–Trinajstić information content (AvgIpc) is 3.27. The number of aromatic nitrogens is 3. The molecule has 3 heterocycles. The third kappa shape index (κ3) is 4.68. The zero-order valence-electron chi connectivity index (χ0n) is 22.7. The lowest BCUT2D eigenvalue weighted by Gasteiger charge is -2.45. The van der Waals surface area contributed by atoms with Crippen molar-refractivity contribution in [2.45, 2.75) is 102 Å². The van der Waals surface area contributed by atoms with Crippen LogP contribution in [0.25, 0.3) is 5.52 Å². The maximum Gasteiger partial charge on any atom is 0.224 e. The van der Waals surface area contributed by atoms with Crippen LogP contribution in [0, 0.1) is 11.3 Å². The maximum atomic E-state index is 10.7. The number of aliphatic hydroxyl groups is 1. The monoisotopic (exact) mass is 519 g/mol. The third-order valence-electron chi connectivity index (χ3n) is 8.08. The van der Waals surface area contributed by atoms with Gasteiger partial charge in [-0.3, -0.25) is 0 Å². The van der Waals surface area contributed by atoms with Gasteiger partial charge in [0.25, 0.3) is 0 Å². The molecule has 2 unspecified atom stereocenters.